The predicted molar refractivity (Wildman–Crippen MR) is 247 cm³/mol. The Labute approximate surface area is 402 Å². The molecule has 1 aliphatic carbocycles. The Morgan fingerprint density at radius 3 is 1.94 bits per heavy atom. The quantitative estimate of drug-likeness (QED) is 0.0528. The van der Waals surface area contributed by atoms with Crippen LogP contribution in [0.1, 0.15) is 12.1 Å². The number of rotatable bonds is 15. The summed E-state index contributed by atoms with van der Waals surface area (Å²) in [6.07, 6.45) is -18.6. The molecule has 0 amide bonds. The zero-order valence-corrected chi connectivity index (χ0v) is 38.6. The van der Waals surface area contributed by atoms with Crippen LogP contribution in [0.5, 0.6) is 5.75 Å². The standard InChI is InChI=1S/C44H67N13O13/c1-55-8-10-56(11-9-55)21-4-7-25-26(12-21)52-41(51-25)19-2-5-22(6-3-19)64-18-20-16-57(54-53-20)17-29-39(69-43-31(50)36(62)34(60)28(15-46)66-43)37(63)44(67-29)70-40-32(58)23(47)13-24(48)38(40)68-42-30(49)35(61)33(59)27(14-45)65-42/h2-7,12,16,23-24,27-40,42-44,58-63H,8-11,13-15,17-18,45-50H2,1H3,(H,51,52)/t23-,24+,27-,28+,29-,30-,31-,32+,33-,34-,35-,36-,37-,38-,39-,40-,42-,43-,44+/m1/s1. The number of benzene rings is 2. The molecular weight excluding hydrogens is 919 g/mol. The lowest BCUT2D eigenvalue weighted by Crippen LogP contribution is -2.68. The number of likely N-dealkylation sites (N-methyl/N-ethyl adjacent to an activating group) is 1. The Morgan fingerprint density at radius 1 is 0.686 bits per heavy atom. The molecule has 4 aliphatic heterocycles. The van der Waals surface area contributed by atoms with Gasteiger partial charge in [0.1, 0.15) is 91.0 Å². The van der Waals surface area contributed by atoms with Gasteiger partial charge < -0.3 is 113 Å². The largest absolute Gasteiger partial charge is 0.487 e. The van der Waals surface area contributed by atoms with Gasteiger partial charge in [-0.1, -0.05) is 5.21 Å². The molecule has 2 aromatic heterocycles. The average Bonchev–Trinajstić information content (AvgIpc) is 4.08. The topological polar surface area (TPSA) is 408 Å². The SMILES string of the molecule is CN1CCN(c2ccc3nc(-c4ccc(OCc5cn(C[C@H]6O[C@@H](O[C@@H]7[C@@H](O)[C@H](N)C[C@H](N)[C@H]7O[C@H]7O[C@H](CN)[C@@H](O)[C@H](O)[C@H]7N)[C@H](O)[C@@H]6O[C@H]6O[C@@H](CN)[C@@H](O)[C@H](O)[C@H]6N)nn5)cc4)[nH]c3c2)CC1. The number of nitrogens with two attached hydrogens (primary N) is 6. The van der Waals surface area contributed by atoms with Crippen molar-refractivity contribution in [2.75, 3.05) is 51.2 Å². The van der Waals surface area contributed by atoms with Crippen molar-refractivity contribution in [3.63, 3.8) is 0 Å². The highest BCUT2D eigenvalue weighted by Gasteiger charge is 2.54. The van der Waals surface area contributed by atoms with Crippen molar-refractivity contribution < 1.29 is 63.8 Å². The zero-order chi connectivity index (χ0) is 49.5. The third kappa shape index (κ3) is 10.5. The van der Waals surface area contributed by atoms with E-state index < -0.39 is 116 Å². The molecule has 0 unspecified atom stereocenters. The van der Waals surface area contributed by atoms with Gasteiger partial charge in [0.2, 0.25) is 0 Å². The first-order chi connectivity index (χ1) is 33.6. The lowest BCUT2D eigenvalue weighted by Gasteiger charge is -2.47. The maximum absolute atomic E-state index is 11.9. The minimum Gasteiger partial charge on any atom is -0.487 e. The van der Waals surface area contributed by atoms with Crippen molar-refractivity contribution in [3.8, 4) is 17.1 Å². The predicted octanol–water partition coefficient (Wildman–Crippen LogP) is -5.72. The van der Waals surface area contributed by atoms with E-state index in [1.54, 1.807) is 6.20 Å². The molecule has 70 heavy (non-hydrogen) atoms. The summed E-state index contributed by atoms with van der Waals surface area (Å²) in [6, 6.07) is 9.45. The number of nitrogens with one attached hydrogen (secondary N) is 1. The smallest absolute Gasteiger partial charge is 0.187 e. The second-order valence-electron chi connectivity index (χ2n) is 18.9. The molecule has 5 fully saturated rings. The summed E-state index contributed by atoms with van der Waals surface area (Å²) in [5, 5.41) is 74.2. The van der Waals surface area contributed by atoms with Gasteiger partial charge in [0.05, 0.1) is 42.0 Å². The minimum atomic E-state index is -1.64. The summed E-state index contributed by atoms with van der Waals surface area (Å²) >= 11 is 0. The van der Waals surface area contributed by atoms with E-state index in [0.29, 0.717) is 11.4 Å². The Balaban J connectivity index is 0.879. The van der Waals surface area contributed by atoms with Crippen molar-refractivity contribution in [2.24, 2.45) is 34.4 Å². The number of fused-ring (bicyclic) bond motifs is 1. The Kier molecular flexibility index (Phi) is 15.6. The van der Waals surface area contributed by atoms with Crippen LogP contribution in [0.4, 0.5) is 5.69 Å². The molecule has 0 bridgehead atoms. The molecular formula is C44H67N13O13. The van der Waals surface area contributed by atoms with Crippen LogP contribution in [0.3, 0.4) is 0 Å². The molecule has 4 saturated heterocycles. The third-order valence-electron chi connectivity index (χ3n) is 14.0. The van der Waals surface area contributed by atoms with Gasteiger partial charge in [-0.05, 0) is 55.9 Å². The van der Waals surface area contributed by atoms with Crippen molar-refractivity contribution in [1.29, 1.82) is 0 Å². The summed E-state index contributed by atoms with van der Waals surface area (Å²) in [6.45, 7) is 3.56. The second-order valence-corrected chi connectivity index (χ2v) is 18.9. The lowest BCUT2D eigenvalue weighted by molar-refractivity contribution is -0.306. The highest BCUT2D eigenvalue weighted by Crippen LogP contribution is 2.35. The summed E-state index contributed by atoms with van der Waals surface area (Å²) < 4.78 is 44.2. The molecule has 19 N–H and O–H groups in total. The van der Waals surface area contributed by atoms with Crippen molar-refractivity contribution >= 4 is 16.7 Å². The van der Waals surface area contributed by atoms with Crippen LogP contribution in [-0.2, 0) is 41.6 Å². The molecule has 5 aliphatic rings. The van der Waals surface area contributed by atoms with Crippen molar-refractivity contribution in [1.82, 2.24) is 29.9 Å². The van der Waals surface area contributed by atoms with Crippen LogP contribution in [0.25, 0.3) is 22.4 Å². The monoisotopic (exact) mass is 985 g/mol. The summed E-state index contributed by atoms with van der Waals surface area (Å²) in [4.78, 5) is 13.0. The fraction of sp³-hybridized carbons (Fsp3) is 0.659. The lowest BCUT2D eigenvalue weighted by atomic mass is 9.84. The van der Waals surface area contributed by atoms with Gasteiger partial charge in [-0.3, -0.25) is 0 Å². The molecule has 4 aromatic rings. The van der Waals surface area contributed by atoms with E-state index in [-0.39, 0.29) is 32.7 Å². The van der Waals surface area contributed by atoms with Gasteiger partial charge in [0, 0.05) is 62.6 Å². The van der Waals surface area contributed by atoms with Gasteiger partial charge in [-0.15, -0.1) is 5.10 Å². The maximum Gasteiger partial charge on any atom is 0.187 e. The van der Waals surface area contributed by atoms with E-state index in [9.17, 15) is 30.6 Å². The fourth-order valence-electron chi connectivity index (χ4n) is 9.68. The van der Waals surface area contributed by atoms with Gasteiger partial charge >= 0.3 is 0 Å². The van der Waals surface area contributed by atoms with Gasteiger partial charge in [-0.25, -0.2) is 9.67 Å². The highest BCUT2D eigenvalue weighted by atomic mass is 16.8. The van der Waals surface area contributed by atoms with Gasteiger partial charge in [0.25, 0.3) is 0 Å². The summed E-state index contributed by atoms with van der Waals surface area (Å²) in [7, 11) is 2.14. The van der Waals surface area contributed by atoms with Crippen molar-refractivity contribution in [3.05, 3.63) is 54.4 Å². The molecule has 19 atom stereocenters. The van der Waals surface area contributed by atoms with E-state index in [1.807, 2.05) is 30.3 Å². The molecule has 26 heteroatoms. The number of ether oxygens (including phenoxy) is 7. The van der Waals surface area contributed by atoms with Crippen LogP contribution in [0.2, 0.25) is 0 Å². The fourth-order valence-corrected chi connectivity index (χ4v) is 9.68. The highest BCUT2D eigenvalue weighted by molar-refractivity contribution is 5.83. The first kappa shape index (κ1) is 50.8. The van der Waals surface area contributed by atoms with Crippen LogP contribution in [-0.4, -0.2) is 223 Å². The first-order valence-corrected chi connectivity index (χ1v) is 23.6. The van der Waals surface area contributed by atoms with Crippen LogP contribution < -0.4 is 44.0 Å². The van der Waals surface area contributed by atoms with Crippen LogP contribution in [0, 0.1) is 0 Å². The second kappa shape index (κ2) is 21.5. The molecule has 0 spiro atoms. The van der Waals surface area contributed by atoms with Gasteiger partial charge in [0.15, 0.2) is 18.9 Å². The molecule has 386 valence electrons. The first-order valence-electron chi connectivity index (χ1n) is 23.6. The Morgan fingerprint density at radius 2 is 1.30 bits per heavy atom. The normalized spacial score (nSPS) is 38.6. The number of hydrogen-bond donors (Lipinski definition) is 13. The Bertz CT molecular complexity index is 2320. The molecule has 26 nitrogen and oxygen atoms in total. The number of imidazole rings is 1. The number of H-pyrrole nitrogens is 1. The van der Waals surface area contributed by atoms with E-state index in [2.05, 4.69) is 44.3 Å². The number of anilines is 1. The molecule has 2 aromatic carbocycles. The van der Waals surface area contributed by atoms with E-state index in [4.69, 9.17) is 72.5 Å². The number of aliphatic hydroxyl groups is 6. The summed E-state index contributed by atoms with van der Waals surface area (Å²) in [5.74, 6) is 1.31. The number of nitrogens with zero attached hydrogens (tertiary/aromatic N) is 6. The van der Waals surface area contributed by atoms with Crippen LogP contribution >= 0.6 is 0 Å². The number of aliphatic hydroxyl groups excluding tert-OH is 6. The molecule has 6 heterocycles. The van der Waals surface area contributed by atoms with Crippen LogP contribution in [0.15, 0.2) is 48.7 Å². The van der Waals surface area contributed by atoms with E-state index in [1.165, 1.54) is 4.68 Å². The zero-order valence-electron chi connectivity index (χ0n) is 38.6. The van der Waals surface area contributed by atoms with E-state index >= 15 is 0 Å². The maximum atomic E-state index is 11.9. The number of aromatic amines is 1. The molecule has 1 saturated carbocycles. The molecule has 0 radical (unpaired) electrons. The number of piperazine rings is 1. The summed E-state index contributed by atoms with van der Waals surface area (Å²) in [5.41, 5.74) is 41.2. The Hall–Kier alpha value is -4.11. The molecule has 9 rings (SSSR count). The van der Waals surface area contributed by atoms with Gasteiger partial charge in [-0.2, -0.15) is 0 Å². The van der Waals surface area contributed by atoms with E-state index in [0.717, 1.165) is 54.3 Å². The van der Waals surface area contributed by atoms with Crippen molar-refractivity contribution in [2.45, 2.75) is 136 Å². The number of hydrogen-bond acceptors (Lipinski definition) is 24. The number of aromatic nitrogens is 5. The average molecular weight is 986 g/mol. The third-order valence-corrected chi connectivity index (χ3v) is 14.0. The minimum absolute atomic E-state index is 0.0438.